The smallest absolute Gasteiger partial charge is 0.545 e. The molecule has 0 aromatic heterocycles. The molecule has 0 fully saturated rings. The normalized spacial score (nSPS) is 1.82. The van der Waals surface area contributed by atoms with Gasteiger partial charge in [0, 0.05) is 0 Å². The maximum atomic E-state index is 7.75. The minimum atomic E-state index is 0. The van der Waals surface area contributed by atoms with Gasteiger partial charge in [-0.15, -0.1) is 13.2 Å². The summed E-state index contributed by atoms with van der Waals surface area (Å²) < 4.78 is 0. The summed E-state index contributed by atoms with van der Waals surface area (Å²) >= 11 is 0. The molecule has 0 N–H and O–H groups in total. The maximum Gasteiger partial charge on any atom is 4.00 e. The van der Waals surface area contributed by atoms with E-state index in [0.717, 1.165) is 0 Å². The van der Waals surface area contributed by atoms with Gasteiger partial charge in [-0.05, 0) is 0 Å². The van der Waals surface area contributed by atoms with E-state index in [1.807, 2.05) is 0 Å². The first-order valence-electron chi connectivity index (χ1n) is 1.44. The zero-order valence-electron chi connectivity index (χ0n) is 5.71. The van der Waals surface area contributed by atoms with E-state index < -0.39 is 0 Å². The summed E-state index contributed by atoms with van der Waals surface area (Å²) in [5.74, 6) is 0. The molecule has 0 aliphatic carbocycles. The number of hydrogen-bond acceptors (Lipinski definition) is 4. The molecule has 0 spiro atoms. The Morgan fingerprint density at radius 2 is 0.545 bits per heavy atom. The van der Waals surface area contributed by atoms with Crippen LogP contribution in [-0.2, 0) is 36.2 Å². The number of carbonyl (C=O) groups excluding carboxylic acids is 4. The van der Waals surface area contributed by atoms with Gasteiger partial charge in [0.25, 0.3) is 0 Å². The molecule has 0 aromatic rings. The van der Waals surface area contributed by atoms with Gasteiger partial charge in [-0.3, -0.25) is 27.2 Å². The molecule has 5 heteroatoms. The van der Waals surface area contributed by atoms with Crippen LogP contribution in [0.1, 0.15) is 0 Å². The summed E-state index contributed by atoms with van der Waals surface area (Å²) in [6.45, 7) is 19.0. The van der Waals surface area contributed by atoms with E-state index in [2.05, 4.69) is 40.3 Å². The fourth-order valence-electron chi connectivity index (χ4n) is 0. The van der Waals surface area contributed by atoms with Crippen molar-refractivity contribution in [2.24, 2.45) is 0 Å². The number of hydrogen-bond donors (Lipinski definition) is 0. The molecule has 0 aromatic carbocycles. The van der Waals surface area contributed by atoms with Gasteiger partial charge >= 0.3 is 17.1 Å². The second-order valence-electron chi connectivity index (χ2n) is 0. The van der Waals surface area contributed by atoms with Crippen molar-refractivity contribution in [3.8, 4) is 0 Å². The van der Waals surface area contributed by atoms with Crippen LogP contribution in [0.3, 0.4) is 0 Å². The van der Waals surface area contributed by atoms with E-state index in [9.17, 15) is 0 Å². The predicted molar refractivity (Wildman–Crippen MR) is 38.3 cm³/mol. The zero-order valence-corrected chi connectivity index (χ0v) is 6.81. The third kappa shape index (κ3) is 383. The van der Waals surface area contributed by atoms with Crippen molar-refractivity contribution in [1.29, 1.82) is 0 Å². The van der Waals surface area contributed by atoms with Crippen molar-refractivity contribution in [3.05, 3.63) is 13.2 Å². The van der Waals surface area contributed by atoms with Crippen LogP contribution in [0.2, 0.25) is 0 Å². The van der Waals surface area contributed by atoms with Crippen molar-refractivity contribution >= 4 is 27.2 Å². The molecule has 0 bridgehead atoms. The Balaban J connectivity index is -0.00000000694. The van der Waals surface area contributed by atoms with Crippen LogP contribution in [-0.4, -0.2) is 27.2 Å². The van der Waals surface area contributed by atoms with Crippen LogP contribution < -0.4 is 0 Å². The van der Waals surface area contributed by atoms with Crippen molar-refractivity contribution in [2.75, 3.05) is 0 Å². The molecule has 0 aliphatic rings. The molecular formula is C6H8FeO4. The SMILES string of the molecule is C=C.[CH-]=O.[CH-]=O.[CH-]=O.[CH-]=O.[Fe+4]. The van der Waals surface area contributed by atoms with Crippen molar-refractivity contribution < 1.29 is 36.2 Å². The van der Waals surface area contributed by atoms with Gasteiger partial charge in [0.1, 0.15) is 0 Å². The first-order valence-corrected chi connectivity index (χ1v) is 1.44. The third-order valence-corrected chi connectivity index (χ3v) is 0. The van der Waals surface area contributed by atoms with Crippen LogP contribution in [0, 0.1) is 0 Å². The van der Waals surface area contributed by atoms with E-state index in [0.29, 0.717) is 0 Å². The summed E-state index contributed by atoms with van der Waals surface area (Å²) in [7, 11) is 0. The van der Waals surface area contributed by atoms with Gasteiger partial charge in [0.2, 0.25) is 0 Å². The fraction of sp³-hybridized carbons (Fsp3) is 0. The monoisotopic (exact) mass is 200 g/mol. The fourth-order valence-corrected chi connectivity index (χ4v) is 0. The maximum absolute atomic E-state index is 7.75. The van der Waals surface area contributed by atoms with Crippen LogP contribution in [0.25, 0.3) is 0 Å². The van der Waals surface area contributed by atoms with Gasteiger partial charge in [-0.1, -0.05) is 0 Å². The molecule has 0 amide bonds. The number of rotatable bonds is 0. The minimum absolute atomic E-state index is 0. The van der Waals surface area contributed by atoms with Gasteiger partial charge in [0.05, 0.1) is 0 Å². The van der Waals surface area contributed by atoms with E-state index >= 15 is 0 Å². The Morgan fingerprint density at radius 3 is 0.545 bits per heavy atom. The van der Waals surface area contributed by atoms with E-state index in [-0.39, 0.29) is 17.1 Å². The molecule has 0 rings (SSSR count). The van der Waals surface area contributed by atoms with Crippen molar-refractivity contribution in [3.63, 3.8) is 0 Å². The summed E-state index contributed by atoms with van der Waals surface area (Å²) in [5.41, 5.74) is 0. The topological polar surface area (TPSA) is 68.3 Å². The predicted octanol–water partition coefficient (Wildman–Crippen LogP) is -0.297. The average molecular weight is 200 g/mol. The molecule has 64 valence electrons. The Hall–Kier alpha value is -1.06. The first kappa shape index (κ1) is 51.2. The van der Waals surface area contributed by atoms with Gasteiger partial charge in [0.15, 0.2) is 0 Å². The summed E-state index contributed by atoms with van der Waals surface area (Å²) in [6.07, 6.45) is 0. The molecule has 0 saturated carbocycles. The largest absolute Gasteiger partial charge is 4.00 e. The first-order chi connectivity index (χ1) is 5.00. The average Bonchev–Trinajstić information content (AvgIpc) is 2.20. The van der Waals surface area contributed by atoms with Gasteiger partial charge in [-0.2, -0.15) is 0 Å². The van der Waals surface area contributed by atoms with Gasteiger partial charge in [-0.25, -0.2) is 0 Å². The van der Waals surface area contributed by atoms with Crippen LogP contribution in [0.5, 0.6) is 0 Å². The Bertz CT molecular complexity index is 26.2. The van der Waals surface area contributed by atoms with E-state index in [1.165, 1.54) is 0 Å². The standard InChI is InChI=1S/C2H4.4CHO.Fe/c5*1-2;/h1-2H2;4*1H;/q;4*-1;+4. The third-order valence-electron chi connectivity index (χ3n) is 0. The molecule has 11 heavy (non-hydrogen) atoms. The van der Waals surface area contributed by atoms with Crippen LogP contribution in [0.15, 0.2) is 13.2 Å². The quantitative estimate of drug-likeness (QED) is 0.233. The molecule has 0 saturated heterocycles. The molecule has 0 unspecified atom stereocenters. The molecule has 0 aliphatic heterocycles. The minimum Gasteiger partial charge on any atom is -0.545 e. The molecule has 0 heterocycles. The molecule has 4 nitrogen and oxygen atoms in total. The Morgan fingerprint density at radius 1 is 0.545 bits per heavy atom. The van der Waals surface area contributed by atoms with Gasteiger partial charge < -0.3 is 19.2 Å². The molecule has 0 radical (unpaired) electrons. The zero-order chi connectivity index (χ0) is 10.0. The summed E-state index contributed by atoms with van der Waals surface area (Å²) in [6, 6.07) is 0. The van der Waals surface area contributed by atoms with Crippen LogP contribution >= 0.6 is 0 Å². The Labute approximate surface area is 77.1 Å². The Kier molecular flexibility index (Phi) is 2330. The van der Waals surface area contributed by atoms with Crippen LogP contribution in [0.4, 0.5) is 0 Å². The van der Waals surface area contributed by atoms with E-state index in [1.54, 1.807) is 0 Å². The van der Waals surface area contributed by atoms with Crippen molar-refractivity contribution in [2.45, 2.75) is 0 Å². The second kappa shape index (κ2) is 501. The van der Waals surface area contributed by atoms with Crippen molar-refractivity contribution in [1.82, 2.24) is 0 Å². The second-order valence-corrected chi connectivity index (χ2v) is 0. The van der Waals surface area contributed by atoms with E-state index in [4.69, 9.17) is 19.2 Å². The summed E-state index contributed by atoms with van der Waals surface area (Å²) in [5, 5.41) is 0. The summed E-state index contributed by atoms with van der Waals surface area (Å²) in [4.78, 5) is 31.0. The molecular weight excluding hydrogens is 192 g/mol. The molecule has 0 atom stereocenters.